The largest absolute Gasteiger partial charge is 0.350 e. The summed E-state index contributed by atoms with van der Waals surface area (Å²) in [4.78, 5) is 21.2. The van der Waals surface area contributed by atoms with E-state index in [1.54, 1.807) is 6.07 Å². The number of nitrogens with zero attached hydrogens (tertiary/aromatic N) is 3. The van der Waals surface area contributed by atoms with E-state index in [0.717, 1.165) is 28.2 Å². The van der Waals surface area contributed by atoms with Gasteiger partial charge in [0.05, 0.1) is 16.8 Å². The predicted molar refractivity (Wildman–Crippen MR) is 86.9 cm³/mol. The van der Waals surface area contributed by atoms with Crippen LogP contribution in [0.1, 0.15) is 22.5 Å². The lowest BCUT2D eigenvalue weighted by molar-refractivity contribution is -0.384. The highest BCUT2D eigenvalue weighted by Gasteiger charge is 2.15. The maximum absolute atomic E-state index is 11.0. The molecule has 2 rings (SSSR count). The molecule has 1 aromatic carbocycles. The minimum Gasteiger partial charge on any atom is -0.350 e. The lowest BCUT2D eigenvalue weighted by Crippen LogP contribution is -2.24. The van der Waals surface area contributed by atoms with Crippen molar-refractivity contribution in [1.82, 2.24) is 9.99 Å². The van der Waals surface area contributed by atoms with Crippen molar-refractivity contribution in [2.24, 2.45) is 10.8 Å². The smallest absolute Gasteiger partial charge is 0.332 e. The molecular formula is C15H17N5O3. The Kier molecular flexibility index (Phi) is 4.44. The lowest BCUT2D eigenvalue weighted by Gasteiger charge is -2.12. The van der Waals surface area contributed by atoms with E-state index < -0.39 is 11.0 Å². The number of rotatable bonds is 4. The molecule has 0 bridgehead atoms. The molecule has 3 N–H and O–H groups in total. The van der Waals surface area contributed by atoms with E-state index in [1.807, 2.05) is 31.4 Å². The monoisotopic (exact) mass is 315 g/mol. The summed E-state index contributed by atoms with van der Waals surface area (Å²) in [6.45, 7) is 5.65. The van der Waals surface area contributed by atoms with Crippen LogP contribution in [0, 0.1) is 30.9 Å². The number of hydrazone groups is 1. The van der Waals surface area contributed by atoms with Crippen LogP contribution in [0.25, 0.3) is 5.69 Å². The van der Waals surface area contributed by atoms with E-state index in [2.05, 4.69) is 10.5 Å². The van der Waals surface area contributed by atoms with Gasteiger partial charge in [-0.15, -0.1) is 0 Å². The van der Waals surface area contributed by atoms with Gasteiger partial charge in [0, 0.05) is 29.1 Å². The van der Waals surface area contributed by atoms with E-state index in [-0.39, 0.29) is 5.69 Å². The molecule has 0 spiro atoms. The van der Waals surface area contributed by atoms with Gasteiger partial charge in [0.25, 0.3) is 5.69 Å². The first kappa shape index (κ1) is 16.2. The van der Waals surface area contributed by atoms with Crippen molar-refractivity contribution in [3.05, 3.63) is 56.9 Å². The molecule has 0 unspecified atom stereocenters. The Labute approximate surface area is 132 Å². The standard InChI is InChI=1S/C15H17N5O3/c1-9-4-5-13(20(22)23)7-14(9)19-10(2)6-12(11(19)3)8-17-18-15(16)21/h4-8H,1-3H3,(H3,16,18,21). The summed E-state index contributed by atoms with van der Waals surface area (Å²) < 4.78 is 1.91. The third-order valence-corrected chi connectivity index (χ3v) is 3.49. The van der Waals surface area contributed by atoms with E-state index in [1.165, 1.54) is 18.3 Å². The summed E-state index contributed by atoms with van der Waals surface area (Å²) >= 11 is 0. The minimum atomic E-state index is -0.746. The van der Waals surface area contributed by atoms with Crippen LogP contribution < -0.4 is 11.2 Å². The molecule has 0 aliphatic heterocycles. The number of nitro benzene ring substituents is 1. The number of aromatic nitrogens is 1. The number of carbonyl (C=O) groups is 1. The Hall–Kier alpha value is -3.16. The van der Waals surface area contributed by atoms with Gasteiger partial charge in [-0.3, -0.25) is 10.1 Å². The number of non-ortho nitro benzene ring substituents is 1. The van der Waals surface area contributed by atoms with E-state index in [9.17, 15) is 14.9 Å². The summed E-state index contributed by atoms with van der Waals surface area (Å²) in [7, 11) is 0. The molecular weight excluding hydrogens is 298 g/mol. The number of nitrogens with one attached hydrogen (secondary N) is 1. The van der Waals surface area contributed by atoms with Crippen LogP contribution in [0.3, 0.4) is 0 Å². The molecule has 0 saturated heterocycles. The molecule has 0 aliphatic carbocycles. The fourth-order valence-corrected chi connectivity index (χ4v) is 2.41. The van der Waals surface area contributed by atoms with Gasteiger partial charge in [-0.2, -0.15) is 5.10 Å². The van der Waals surface area contributed by atoms with E-state index >= 15 is 0 Å². The average Bonchev–Trinajstić information content (AvgIpc) is 2.74. The highest BCUT2D eigenvalue weighted by molar-refractivity contribution is 5.83. The molecule has 0 saturated carbocycles. The predicted octanol–water partition coefficient (Wildman–Crippen LogP) is 2.31. The van der Waals surface area contributed by atoms with Crippen LogP contribution in [0.2, 0.25) is 0 Å². The zero-order valence-corrected chi connectivity index (χ0v) is 13.0. The van der Waals surface area contributed by atoms with Crippen molar-refractivity contribution >= 4 is 17.9 Å². The van der Waals surface area contributed by atoms with Crippen LogP contribution >= 0.6 is 0 Å². The number of aryl methyl sites for hydroxylation is 2. The van der Waals surface area contributed by atoms with Gasteiger partial charge in [0.1, 0.15) is 0 Å². The number of urea groups is 1. The van der Waals surface area contributed by atoms with Gasteiger partial charge >= 0.3 is 6.03 Å². The molecule has 1 aromatic heterocycles. The average molecular weight is 315 g/mol. The summed E-state index contributed by atoms with van der Waals surface area (Å²) in [6.07, 6.45) is 1.48. The van der Waals surface area contributed by atoms with Crippen LogP contribution in [-0.4, -0.2) is 21.7 Å². The second-order valence-corrected chi connectivity index (χ2v) is 5.12. The van der Waals surface area contributed by atoms with Gasteiger partial charge in [0.15, 0.2) is 0 Å². The Bertz CT molecular complexity index is 808. The molecule has 1 heterocycles. The number of nitro groups is 1. The molecule has 0 fully saturated rings. The van der Waals surface area contributed by atoms with Crippen molar-refractivity contribution in [1.29, 1.82) is 0 Å². The number of benzene rings is 1. The zero-order chi connectivity index (χ0) is 17.1. The maximum atomic E-state index is 11.0. The van der Waals surface area contributed by atoms with E-state index in [4.69, 9.17) is 5.73 Å². The van der Waals surface area contributed by atoms with Crippen molar-refractivity contribution < 1.29 is 9.72 Å². The Morgan fingerprint density at radius 2 is 2.04 bits per heavy atom. The topological polar surface area (TPSA) is 116 Å². The molecule has 2 aromatic rings. The Balaban J connectivity index is 2.51. The number of carbonyl (C=O) groups excluding carboxylic acids is 1. The third-order valence-electron chi connectivity index (χ3n) is 3.49. The summed E-state index contributed by atoms with van der Waals surface area (Å²) in [5.74, 6) is 0. The quantitative estimate of drug-likeness (QED) is 0.512. The fraction of sp³-hybridized carbons (Fsp3) is 0.200. The Morgan fingerprint density at radius 3 is 2.65 bits per heavy atom. The molecule has 2 amide bonds. The Morgan fingerprint density at radius 1 is 1.35 bits per heavy atom. The van der Waals surface area contributed by atoms with Crippen LogP contribution in [0.4, 0.5) is 10.5 Å². The van der Waals surface area contributed by atoms with Crippen molar-refractivity contribution in [2.45, 2.75) is 20.8 Å². The second kappa shape index (κ2) is 6.30. The first-order valence-electron chi connectivity index (χ1n) is 6.84. The number of primary amides is 1. The highest BCUT2D eigenvalue weighted by atomic mass is 16.6. The normalized spacial score (nSPS) is 10.9. The third kappa shape index (κ3) is 3.37. The van der Waals surface area contributed by atoms with Crippen molar-refractivity contribution in [3.8, 4) is 5.69 Å². The molecule has 8 nitrogen and oxygen atoms in total. The molecule has 120 valence electrons. The van der Waals surface area contributed by atoms with Crippen LogP contribution in [-0.2, 0) is 0 Å². The molecule has 0 radical (unpaired) electrons. The molecule has 23 heavy (non-hydrogen) atoms. The van der Waals surface area contributed by atoms with Crippen molar-refractivity contribution in [2.75, 3.05) is 0 Å². The van der Waals surface area contributed by atoms with Gasteiger partial charge in [-0.05, 0) is 32.4 Å². The van der Waals surface area contributed by atoms with Gasteiger partial charge < -0.3 is 10.3 Å². The second-order valence-electron chi connectivity index (χ2n) is 5.12. The van der Waals surface area contributed by atoms with Crippen LogP contribution in [0.15, 0.2) is 29.4 Å². The minimum absolute atomic E-state index is 0.0312. The zero-order valence-electron chi connectivity index (χ0n) is 13.0. The number of nitrogens with two attached hydrogens (primary N) is 1. The SMILES string of the molecule is Cc1ccc([N+](=O)[O-])cc1-n1c(C)cc(C=NNC(N)=O)c1C. The summed E-state index contributed by atoms with van der Waals surface area (Å²) in [6, 6.07) is 5.86. The number of hydrogen-bond donors (Lipinski definition) is 2. The number of hydrogen-bond acceptors (Lipinski definition) is 4. The lowest BCUT2D eigenvalue weighted by atomic mass is 10.1. The van der Waals surface area contributed by atoms with Crippen LogP contribution in [0.5, 0.6) is 0 Å². The van der Waals surface area contributed by atoms with Gasteiger partial charge in [-0.25, -0.2) is 10.2 Å². The van der Waals surface area contributed by atoms with Crippen molar-refractivity contribution in [3.63, 3.8) is 0 Å². The maximum Gasteiger partial charge on any atom is 0.332 e. The number of amides is 2. The molecule has 0 atom stereocenters. The summed E-state index contributed by atoms with van der Waals surface area (Å²) in [5.41, 5.74) is 11.3. The van der Waals surface area contributed by atoms with E-state index in [0.29, 0.717) is 0 Å². The first-order valence-corrected chi connectivity index (χ1v) is 6.84. The molecule has 0 aliphatic rings. The van der Waals surface area contributed by atoms with Gasteiger partial charge in [0.2, 0.25) is 0 Å². The van der Waals surface area contributed by atoms with Gasteiger partial charge in [-0.1, -0.05) is 6.07 Å². The fourth-order valence-electron chi connectivity index (χ4n) is 2.41. The first-order chi connectivity index (χ1) is 10.8. The highest BCUT2D eigenvalue weighted by Crippen LogP contribution is 2.26. The molecule has 8 heteroatoms. The summed E-state index contributed by atoms with van der Waals surface area (Å²) in [5, 5.41) is 14.7.